The average molecular weight is 311 g/mol. The van der Waals surface area contributed by atoms with Gasteiger partial charge in [-0.1, -0.05) is 20.4 Å². The van der Waals surface area contributed by atoms with E-state index in [0.29, 0.717) is 18.2 Å². The largest absolute Gasteiger partial charge is 0.397 e. The molecule has 0 radical (unpaired) electrons. The van der Waals surface area contributed by atoms with E-state index in [1.807, 2.05) is 6.92 Å². The zero-order valence-corrected chi connectivity index (χ0v) is 13.6. The minimum atomic E-state index is -4.16. The van der Waals surface area contributed by atoms with E-state index in [1.54, 1.807) is 12.0 Å². The lowest BCUT2D eigenvalue weighted by atomic mass is 10.2. The highest BCUT2D eigenvalue weighted by Gasteiger charge is 2.17. The molecule has 0 atom stereocenters. The van der Waals surface area contributed by atoms with Gasteiger partial charge in [0.2, 0.25) is 0 Å². The smallest absolute Gasteiger partial charge is 0.364 e. The van der Waals surface area contributed by atoms with E-state index in [4.69, 9.17) is 9.39 Å². The second-order valence-corrected chi connectivity index (χ2v) is 5.15. The normalized spacial score (nSPS) is 11.0. The third-order valence-electron chi connectivity index (χ3n) is 2.42. The quantitative estimate of drug-likeness (QED) is 0.436. The fourth-order valence-corrected chi connectivity index (χ4v) is 1.28. The molecule has 0 aliphatic heterocycles. The van der Waals surface area contributed by atoms with Crippen molar-refractivity contribution in [1.29, 1.82) is 0 Å². The van der Waals surface area contributed by atoms with Crippen LogP contribution < -0.4 is 0 Å². The minimum absolute atomic E-state index is 0.309. The summed E-state index contributed by atoms with van der Waals surface area (Å²) in [5.41, 5.74) is 0.439. The SMILES string of the molecule is C=C(C)C(=O)ON(CC)C(CC)CC.COS(=O)(=O)O. The summed E-state index contributed by atoms with van der Waals surface area (Å²) in [5, 5.41) is 1.73. The third-order valence-corrected chi connectivity index (χ3v) is 2.84. The van der Waals surface area contributed by atoms with E-state index < -0.39 is 10.4 Å². The van der Waals surface area contributed by atoms with Gasteiger partial charge in [-0.3, -0.25) is 8.74 Å². The fraction of sp³-hybridized carbons (Fsp3) is 0.750. The highest BCUT2D eigenvalue weighted by Crippen LogP contribution is 2.10. The minimum Gasteiger partial charge on any atom is -0.364 e. The molecule has 0 saturated carbocycles. The molecule has 0 aromatic heterocycles. The summed E-state index contributed by atoms with van der Waals surface area (Å²) in [6.45, 7) is 12.1. The molecule has 0 aromatic rings. The van der Waals surface area contributed by atoms with Crippen molar-refractivity contribution in [2.75, 3.05) is 13.7 Å². The molecule has 1 N–H and O–H groups in total. The summed E-state index contributed by atoms with van der Waals surface area (Å²) in [7, 11) is -3.29. The standard InChI is InChI=1S/C11H21NO2.CH4O4S/c1-6-10(7-2)12(8-3)14-11(13)9(4)5;1-5-6(2,3)4/h10H,4,6-8H2,1-3,5H3;1H3,(H,2,3,4). The second-order valence-electron chi connectivity index (χ2n) is 3.96. The van der Waals surface area contributed by atoms with Gasteiger partial charge in [-0.2, -0.15) is 8.42 Å². The molecule has 120 valence electrons. The molecule has 0 aromatic carbocycles. The Labute approximate surface area is 121 Å². The molecular weight excluding hydrogens is 286 g/mol. The molecule has 0 heterocycles. The van der Waals surface area contributed by atoms with Crippen LogP contribution in [-0.4, -0.2) is 43.7 Å². The first-order chi connectivity index (χ1) is 9.12. The van der Waals surface area contributed by atoms with Crippen LogP contribution in [0.3, 0.4) is 0 Å². The van der Waals surface area contributed by atoms with Gasteiger partial charge in [0.1, 0.15) is 0 Å². The molecule has 0 fully saturated rings. The molecule has 7 nitrogen and oxygen atoms in total. The van der Waals surface area contributed by atoms with Gasteiger partial charge in [0, 0.05) is 18.2 Å². The molecular formula is C12H25NO6S. The van der Waals surface area contributed by atoms with Gasteiger partial charge >= 0.3 is 16.4 Å². The molecule has 0 unspecified atom stereocenters. The number of hydrogen-bond donors (Lipinski definition) is 1. The molecule has 0 spiro atoms. The first-order valence-electron chi connectivity index (χ1n) is 6.30. The monoisotopic (exact) mass is 311 g/mol. The van der Waals surface area contributed by atoms with Crippen LogP contribution >= 0.6 is 0 Å². The first-order valence-corrected chi connectivity index (χ1v) is 7.66. The Morgan fingerprint density at radius 3 is 1.90 bits per heavy atom. The maximum atomic E-state index is 11.3. The zero-order valence-electron chi connectivity index (χ0n) is 12.7. The van der Waals surface area contributed by atoms with Crippen molar-refractivity contribution in [2.45, 2.75) is 46.6 Å². The second kappa shape index (κ2) is 10.8. The van der Waals surface area contributed by atoms with Gasteiger partial charge in [-0.25, -0.2) is 4.79 Å². The fourth-order valence-electron chi connectivity index (χ4n) is 1.28. The summed E-state index contributed by atoms with van der Waals surface area (Å²) in [6.07, 6.45) is 1.96. The van der Waals surface area contributed by atoms with Gasteiger partial charge in [0.05, 0.1) is 7.11 Å². The van der Waals surface area contributed by atoms with Gasteiger partial charge in [0.25, 0.3) is 0 Å². The number of rotatable bonds is 7. The molecule has 20 heavy (non-hydrogen) atoms. The van der Waals surface area contributed by atoms with Gasteiger partial charge < -0.3 is 4.84 Å². The Bertz CT molecular complexity index is 389. The zero-order chi connectivity index (χ0) is 16.3. The predicted molar refractivity (Wildman–Crippen MR) is 76.2 cm³/mol. The summed E-state index contributed by atoms with van der Waals surface area (Å²) >= 11 is 0. The van der Waals surface area contributed by atoms with E-state index in [0.717, 1.165) is 20.0 Å². The van der Waals surface area contributed by atoms with Crippen LogP contribution in [-0.2, 0) is 24.2 Å². The van der Waals surface area contributed by atoms with E-state index in [9.17, 15) is 13.2 Å². The van der Waals surface area contributed by atoms with Crippen LogP contribution in [0.4, 0.5) is 0 Å². The van der Waals surface area contributed by atoms with Crippen molar-refractivity contribution in [1.82, 2.24) is 5.06 Å². The van der Waals surface area contributed by atoms with E-state index in [2.05, 4.69) is 24.6 Å². The Morgan fingerprint density at radius 2 is 1.70 bits per heavy atom. The molecule has 0 rings (SSSR count). The molecule has 0 saturated heterocycles. The topological polar surface area (TPSA) is 93.1 Å². The predicted octanol–water partition coefficient (Wildman–Crippen LogP) is 1.97. The molecule has 0 amide bonds. The van der Waals surface area contributed by atoms with Crippen LogP contribution in [0.25, 0.3) is 0 Å². The van der Waals surface area contributed by atoms with Crippen LogP contribution in [0.5, 0.6) is 0 Å². The number of hydroxylamine groups is 2. The lowest BCUT2D eigenvalue weighted by Crippen LogP contribution is -2.36. The van der Waals surface area contributed by atoms with Crippen LogP contribution in [0.2, 0.25) is 0 Å². The maximum Gasteiger partial charge on any atom is 0.397 e. The van der Waals surface area contributed by atoms with Gasteiger partial charge in [-0.05, 0) is 26.7 Å². The molecule has 0 aliphatic rings. The van der Waals surface area contributed by atoms with E-state index in [1.165, 1.54) is 0 Å². The Kier molecular flexibility index (Phi) is 11.5. The highest BCUT2D eigenvalue weighted by atomic mass is 32.3. The molecule has 0 bridgehead atoms. The average Bonchev–Trinajstić information content (AvgIpc) is 2.38. The number of nitrogens with zero attached hydrogens (tertiary/aromatic N) is 1. The maximum absolute atomic E-state index is 11.3. The summed E-state index contributed by atoms with van der Waals surface area (Å²) in [6, 6.07) is 0.309. The summed E-state index contributed by atoms with van der Waals surface area (Å²) < 4.78 is 29.7. The molecule has 8 heteroatoms. The Hall–Kier alpha value is -0.960. The summed E-state index contributed by atoms with van der Waals surface area (Å²) in [4.78, 5) is 16.5. The lowest BCUT2D eigenvalue weighted by molar-refractivity contribution is -0.196. The summed E-state index contributed by atoms with van der Waals surface area (Å²) in [5.74, 6) is -0.334. The number of carbonyl (C=O) groups is 1. The van der Waals surface area contributed by atoms with Gasteiger partial charge in [0.15, 0.2) is 0 Å². The molecule has 0 aliphatic carbocycles. The van der Waals surface area contributed by atoms with E-state index in [-0.39, 0.29) is 5.97 Å². The Morgan fingerprint density at radius 1 is 1.30 bits per heavy atom. The van der Waals surface area contributed by atoms with Crippen molar-refractivity contribution in [3.8, 4) is 0 Å². The highest BCUT2D eigenvalue weighted by molar-refractivity contribution is 7.80. The van der Waals surface area contributed by atoms with Crippen molar-refractivity contribution in [3.05, 3.63) is 12.2 Å². The Balaban J connectivity index is 0. The van der Waals surface area contributed by atoms with E-state index >= 15 is 0 Å². The van der Waals surface area contributed by atoms with Crippen molar-refractivity contribution in [2.24, 2.45) is 0 Å². The first kappa shape index (κ1) is 21.3. The van der Waals surface area contributed by atoms with Crippen molar-refractivity contribution in [3.63, 3.8) is 0 Å². The van der Waals surface area contributed by atoms with Gasteiger partial charge in [-0.15, -0.1) is 5.06 Å². The van der Waals surface area contributed by atoms with Crippen LogP contribution in [0.1, 0.15) is 40.5 Å². The van der Waals surface area contributed by atoms with Crippen molar-refractivity contribution >= 4 is 16.4 Å². The number of hydrogen-bond acceptors (Lipinski definition) is 6. The van der Waals surface area contributed by atoms with Crippen LogP contribution in [0, 0.1) is 0 Å². The van der Waals surface area contributed by atoms with Crippen LogP contribution in [0.15, 0.2) is 12.2 Å². The number of carbonyl (C=O) groups excluding carboxylic acids is 1. The lowest BCUT2D eigenvalue weighted by Gasteiger charge is -2.27. The third kappa shape index (κ3) is 10.9. The van der Waals surface area contributed by atoms with Crippen molar-refractivity contribution < 1.29 is 26.8 Å².